The molecular weight excluding hydrogens is 452 g/mol. The molecule has 2 aromatic carbocycles. The average Bonchev–Trinajstić information content (AvgIpc) is 3.27. The molecule has 2 aliphatic heterocycles. The van der Waals surface area contributed by atoms with Gasteiger partial charge in [0.25, 0.3) is 5.91 Å². The van der Waals surface area contributed by atoms with E-state index in [2.05, 4.69) is 10.2 Å². The highest BCUT2D eigenvalue weighted by Gasteiger charge is 2.40. The van der Waals surface area contributed by atoms with E-state index in [0.717, 1.165) is 29.8 Å². The molecule has 0 radical (unpaired) electrons. The van der Waals surface area contributed by atoms with Crippen molar-refractivity contribution in [2.24, 2.45) is 0 Å². The van der Waals surface area contributed by atoms with E-state index in [9.17, 15) is 14.7 Å². The summed E-state index contributed by atoms with van der Waals surface area (Å²) in [7, 11) is 0. The number of amides is 2. The highest BCUT2D eigenvalue weighted by Crippen LogP contribution is 2.40. The number of nitrogens with one attached hydrogen (secondary N) is 1. The molecule has 3 heterocycles. The molecule has 0 bridgehead atoms. The zero-order valence-electron chi connectivity index (χ0n) is 19.2. The molecular formula is C26H27ClN4O3. The van der Waals surface area contributed by atoms with Gasteiger partial charge in [-0.25, -0.2) is 0 Å². The third-order valence-corrected chi connectivity index (χ3v) is 6.86. The zero-order chi connectivity index (χ0) is 24.0. The predicted molar refractivity (Wildman–Crippen MR) is 131 cm³/mol. The molecule has 5 rings (SSSR count). The van der Waals surface area contributed by atoms with E-state index in [4.69, 9.17) is 11.6 Å². The number of benzene rings is 2. The van der Waals surface area contributed by atoms with Crippen molar-refractivity contribution in [1.82, 2.24) is 10.2 Å². The maximum Gasteiger partial charge on any atom is 0.279 e. The van der Waals surface area contributed by atoms with Crippen molar-refractivity contribution in [3.8, 4) is 0 Å². The number of aromatic amines is 1. The van der Waals surface area contributed by atoms with E-state index in [1.54, 1.807) is 18.7 Å². The Morgan fingerprint density at radius 3 is 2.41 bits per heavy atom. The van der Waals surface area contributed by atoms with Crippen molar-refractivity contribution in [1.29, 1.82) is 0 Å². The van der Waals surface area contributed by atoms with Gasteiger partial charge in [-0.15, -0.1) is 0 Å². The van der Waals surface area contributed by atoms with Crippen LogP contribution >= 0.6 is 11.6 Å². The molecule has 34 heavy (non-hydrogen) atoms. The van der Waals surface area contributed by atoms with Crippen molar-refractivity contribution in [2.75, 3.05) is 22.9 Å². The quantitative estimate of drug-likeness (QED) is 0.573. The molecule has 0 saturated carbocycles. The summed E-state index contributed by atoms with van der Waals surface area (Å²) >= 11 is 6.29. The van der Waals surface area contributed by atoms with E-state index in [0.29, 0.717) is 41.5 Å². The number of halogens is 1. The van der Waals surface area contributed by atoms with Gasteiger partial charge in [-0.3, -0.25) is 14.7 Å². The van der Waals surface area contributed by atoms with Crippen LogP contribution < -0.4 is 9.80 Å². The van der Waals surface area contributed by atoms with Gasteiger partial charge in [-0.2, -0.15) is 5.10 Å². The minimum atomic E-state index is -1.19. The number of aromatic nitrogens is 2. The van der Waals surface area contributed by atoms with Gasteiger partial charge in [0.15, 0.2) is 5.69 Å². The molecule has 2 amide bonds. The molecule has 0 aliphatic carbocycles. The van der Waals surface area contributed by atoms with E-state index < -0.39 is 5.60 Å². The second-order valence-corrected chi connectivity index (χ2v) is 9.90. The molecule has 3 aromatic rings. The van der Waals surface area contributed by atoms with Crippen LogP contribution in [0.25, 0.3) is 0 Å². The van der Waals surface area contributed by atoms with Crippen LogP contribution in [0.2, 0.25) is 5.02 Å². The normalized spacial score (nSPS) is 18.9. The number of fused-ring (bicyclic) bond motifs is 1. The van der Waals surface area contributed by atoms with Gasteiger partial charge in [0, 0.05) is 47.4 Å². The van der Waals surface area contributed by atoms with Crippen LogP contribution in [0.1, 0.15) is 66.3 Å². The molecule has 2 N–H and O–H groups in total. The van der Waals surface area contributed by atoms with Gasteiger partial charge in [0.2, 0.25) is 5.91 Å². The largest absolute Gasteiger partial charge is 0.384 e. The lowest BCUT2D eigenvalue weighted by atomic mass is 9.83. The third-order valence-electron chi connectivity index (χ3n) is 6.62. The minimum absolute atomic E-state index is 0.134. The minimum Gasteiger partial charge on any atom is -0.384 e. The van der Waals surface area contributed by atoms with Gasteiger partial charge in [-0.1, -0.05) is 23.7 Å². The number of piperidine rings is 1. The van der Waals surface area contributed by atoms with Gasteiger partial charge in [0.05, 0.1) is 5.69 Å². The first-order valence-corrected chi connectivity index (χ1v) is 11.9. The molecule has 176 valence electrons. The fourth-order valence-electron chi connectivity index (χ4n) is 4.91. The molecule has 7 nitrogen and oxygen atoms in total. The number of carbonyl (C=O) groups excluding carboxylic acids is 2. The van der Waals surface area contributed by atoms with Crippen LogP contribution in [-0.2, 0) is 10.4 Å². The fraction of sp³-hybridized carbons (Fsp3) is 0.346. The van der Waals surface area contributed by atoms with Crippen molar-refractivity contribution in [2.45, 2.75) is 44.6 Å². The smallest absolute Gasteiger partial charge is 0.279 e. The number of hydrogen-bond acceptors (Lipinski definition) is 4. The summed E-state index contributed by atoms with van der Waals surface area (Å²) in [6, 6.07) is 15.1. The maximum atomic E-state index is 13.5. The van der Waals surface area contributed by atoms with Gasteiger partial charge < -0.3 is 14.9 Å². The Morgan fingerprint density at radius 1 is 1.06 bits per heavy atom. The summed E-state index contributed by atoms with van der Waals surface area (Å²) in [6.45, 7) is 4.44. The monoisotopic (exact) mass is 478 g/mol. The number of carbonyl (C=O) groups is 2. The fourth-order valence-corrected chi connectivity index (χ4v) is 5.11. The molecule has 1 saturated heterocycles. The van der Waals surface area contributed by atoms with Crippen molar-refractivity contribution in [3.05, 3.63) is 76.1 Å². The SMILES string of the molecule is CC(C)(O)c1[nH]nc2c1C(c1cccc(Cl)c1)CN(c1ccc(N3CCCCC3=O)cc1)C2=O. The Bertz CT molecular complexity index is 1250. The highest BCUT2D eigenvalue weighted by molar-refractivity contribution is 6.30. The molecule has 1 unspecified atom stereocenters. The van der Waals surface area contributed by atoms with Crippen LogP contribution in [-0.4, -0.2) is 40.2 Å². The summed E-state index contributed by atoms with van der Waals surface area (Å²) in [5.74, 6) is -0.328. The molecule has 1 aromatic heterocycles. The number of nitrogens with zero attached hydrogens (tertiary/aromatic N) is 3. The second-order valence-electron chi connectivity index (χ2n) is 9.46. The van der Waals surface area contributed by atoms with Crippen LogP contribution in [0.5, 0.6) is 0 Å². The average molecular weight is 479 g/mol. The lowest BCUT2D eigenvalue weighted by Gasteiger charge is -2.34. The van der Waals surface area contributed by atoms with Gasteiger partial charge in [-0.05, 0) is 68.7 Å². The Morgan fingerprint density at radius 2 is 1.76 bits per heavy atom. The standard InChI is InChI=1S/C26H27ClN4O3/c1-26(2,34)24-22-20(16-6-5-7-17(27)14-16)15-31(25(33)23(22)28-29-24)19-11-9-18(10-12-19)30-13-4-3-8-21(30)32/h5-7,9-12,14,20,34H,3-4,8,13,15H2,1-2H3,(H,28,29). The second kappa shape index (κ2) is 8.56. The van der Waals surface area contributed by atoms with Gasteiger partial charge >= 0.3 is 0 Å². The van der Waals surface area contributed by atoms with Crippen LogP contribution in [0.3, 0.4) is 0 Å². The number of rotatable bonds is 4. The molecule has 1 atom stereocenters. The zero-order valence-corrected chi connectivity index (χ0v) is 20.0. The molecule has 8 heteroatoms. The third kappa shape index (κ3) is 3.99. The predicted octanol–water partition coefficient (Wildman–Crippen LogP) is 4.60. The van der Waals surface area contributed by atoms with Gasteiger partial charge in [0.1, 0.15) is 5.60 Å². The molecule has 0 spiro atoms. The van der Waals surface area contributed by atoms with Crippen molar-refractivity contribution in [3.63, 3.8) is 0 Å². The maximum absolute atomic E-state index is 13.5. The Kier molecular flexibility index (Phi) is 5.70. The first-order chi connectivity index (χ1) is 16.2. The Labute approximate surface area is 203 Å². The van der Waals surface area contributed by atoms with E-state index in [-0.39, 0.29) is 17.7 Å². The highest BCUT2D eigenvalue weighted by atomic mass is 35.5. The number of H-pyrrole nitrogens is 1. The first kappa shape index (κ1) is 22.6. The summed E-state index contributed by atoms with van der Waals surface area (Å²) in [4.78, 5) is 29.3. The molecule has 1 fully saturated rings. The summed E-state index contributed by atoms with van der Waals surface area (Å²) in [5, 5.41) is 18.6. The Hall–Kier alpha value is -3.16. The van der Waals surface area contributed by atoms with Crippen molar-refractivity contribution >= 4 is 34.8 Å². The lowest BCUT2D eigenvalue weighted by molar-refractivity contribution is -0.119. The summed E-state index contributed by atoms with van der Waals surface area (Å²) < 4.78 is 0. The molecule has 2 aliphatic rings. The van der Waals surface area contributed by atoms with Crippen molar-refractivity contribution < 1.29 is 14.7 Å². The van der Waals surface area contributed by atoms with Crippen LogP contribution in [0.4, 0.5) is 11.4 Å². The van der Waals surface area contributed by atoms with Crippen LogP contribution in [0, 0.1) is 0 Å². The number of hydrogen-bond donors (Lipinski definition) is 2. The number of aliphatic hydroxyl groups is 1. The van der Waals surface area contributed by atoms with Crippen LogP contribution in [0.15, 0.2) is 48.5 Å². The first-order valence-electron chi connectivity index (χ1n) is 11.5. The van der Waals surface area contributed by atoms with E-state index in [1.165, 1.54) is 0 Å². The Balaban J connectivity index is 1.54. The van der Waals surface area contributed by atoms with E-state index in [1.807, 2.05) is 53.4 Å². The summed E-state index contributed by atoms with van der Waals surface area (Å²) in [5.41, 5.74) is 2.84. The lowest BCUT2D eigenvalue weighted by Crippen LogP contribution is -2.41. The van der Waals surface area contributed by atoms with E-state index >= 15 is 0 Å². The topological polar surface area (TPSA) is 89.5 Å². The summed E-state index contributed by atoms with van der Waals surface area (Å²) in [6.07, 6.45) is 2.49. The number of anilines is 2.